The zero-order valence-corrected chi connectivity index (χ0v) is 24.3. The van der Waals surface area contributed by atoms with Crippen molar-refractivity contribution in [2.75, 3.05) is 57.8 Å². The van der Waals surface area contributed by atoms with Gasteiger partial charge in [0.2, 0.25) is 0 Å². The van der Waals surface area contributed by atoms with Gasteiger partial charge in [-0.25, -0.2) is 14.6 Å². The van der Waals surface area contributed by atoms with Crippen LogP contribution in [0, 0.1) is 11.8 Å². The summed E-state index contributed by atoms with van der Waals surface area (Å²) in [5.41, 5.74) is 2.42. The summed E-state index contributed by atoms with van der Waals surface area (Å²) in [7, 11) is 0. The van der Waals surface area contributed by atoms with Gasteiger partial charge in [0.05, 0.1) is 6.61 Å². The lowest BCUT2D eigenvalue weighted by Crippen LogP contribution is -2.50. The number of urea groups is 1. The van der Waals surface area contributed by atoms with Gasteiger partial charge in [-0.3, -0.25) is 0 Å². The number of unbranched alkanes of at least 4 members (excludes halogenated alkanes) is 1. The quantitative estimate of drug-likeness (QED) is 0.242. The number of carbonyl (C=O) groups excluding carboxylic acids is 1. The van der Waals surface area contributed by atoms with Gasteiger partial charge in [0.1, 0.15) is 11.9 Å². The van der Waals surface area contributed by atoms with E-state index in [0.717, 1.165) is 63.3 Å². The molecule has 0 bridgehead atoms. The number of aryl methyl sites for hydroxylation is 2. The van der Waals surface area contributed by atoms with Crippen molar-refractivity contribution in [2.45, 2.75) is 79.2 Å². The van der Waals surface area contributed by atoms with Crippen LogP contribution in [0.25, 0.3) is 0 Å². The first-order valence-electron chi connectivity index (χ1n) is 14.5. The number of carboxylic acid groups (broad SMARTS) is 1. The number of hydrogen-bond donors (Lipinski definition) is 3. The Labute approximate surface area is 229 Å². The fourth-order valence-electron chi connectivity index (χ4n) is 4.75. The van der Waals surface area contributed by atoms with E-state index in [1.54, 1.807) is 4.90 Å². The molecule has 0 unspecified atom stereocenters. The molecule has 1 aliphatic rings. The number of hydrogen-bond acceptors (Lipinski definition) is 6. The summed E-state index contributed by atoms with van der Waals surface area (Å²) >= 11 is 0. The molecule has 0 fully saturated rings. The summed E-state index contributed by atoms with van der Waals surface area (Å²) in [6.07, 6.45) is 5.52. The van der Waals surface area contributed by atoms with Crippen LogP contribution in [0.5, 0.6) is 0 Å². The largest absolute Gasteiger partial charge is 0.480 e. The number of carboxylic acids is 1. The van der Waals surface area contributed by atoms with Gasteiger partial charge in [0, 0.05) is 45.0 Å². The Bertz CT molecular complexity index is 838. The third kappa shape index (κ3) is 12.0. The van der Waals surface area contributed by atoms with E-state index in [9.17, 15) is 14.7 Å². The first-order chi connectivity index (χ1) is 18.2. The van der Waals surface area contributed by atoms with Gasteiger partial charge in [0.25, 0.3) is 0 Å². The minimum atomic E-state index is -0.996. The molecule has 2 rings (SSSR count). The Morgan fingerprint density at radius 2 is 1.84 bits per heavy atom. The van der Waals surface area contributed by atoms with E-state index in [0.29, 0.717) is 51.1 Å². The number of nitrogens with zero attached hydrogens (tertiary/aromatic N) is 3. The number of aliphatic carboxylic acids is 1. The zero-order chi connectivity index (χ0) is 27.9. The maximum Gasteiger partial charge on any atom is 0.326 e. The standard InChI is InChI=1S/C29H51N5O4/c1-6-38-19-18-33(16-8-7-11-25-13-12-24-10-9-15-30-27(24)31-25)17-14-26(28(35)36)32-29(37)34(20-22(2)3)21-23(4)5/h12-13,22-23,26H,6-11,14-21H2,1-5H3,(H,30,31)(H,32,37)(H,35,36)/t26-/m0/s1. The number of anilines is 1. The van der Waals surface area contributed by atoms with Crippen molar-refractivity contribution in [1.29, 1.82) is 0 Å². The van der Waals surface area contributed by atoms with E-state index in [2.05, 4.69) is 55.4 Å². The fraction of sp³-hybridized carbons (Fsp3) is 0.759. The van der Waals surface area contributed by atoms with Crippen molar-refractivity contribution in [2.24, 2.45) is 11.8 Å². The summed E-state index contributed by atoms with van der Waals surface area (Å²) in [6, 6.07) is 3.11. The lowest BCUT2D eigenvalue weighted by Gasteiger charge is -2.29. The van der Waals surface area contributed by atoms with Crippen LogP contribution in [-0.4, -0.2) is 90.4 Å². The Hall–Kier alpha value is -2.39. The minimum absolute atomic E-state index is 0.298. The maximum absolute atomic E-state index is 12.9. The number of ether oxygens (including phenoxy) is 1. The van der Waals surface area contributed by atoms with Crippen LogP contribution in [0.4, 0.5) is 10.6 Å². The Balaban J connectivity index is 1.88. The normalized spacial score (nSPS) is 13.9. The molecule has 216 valence electrons. The first-order valence-corrected chi connectivity index (χ1v) is 14.5. The molecule has 0 spiro atoms. The number of aromatic nitrogens is 1. The van der Waals surface area contributed by atoms with Gasteiger partial charge in [-0.15, -0.1) is 0 Å². The van der Waals surface area contributed by atoms with Gasteiger partial charge in [-0.05, 0) is 75.5 Å². The molecular formula is C29H51N5O4. The van der Waals surface area contributed by atoms with Crippen LogP contribution >= 0.6 is 0 Å². The molecule has 9 heteroatoms. The number of nitrogens with one attached hydrogen (secondary N) is 2. The molecule has 38 heavy (non-hydrogen) atoms. The second-order valence-corrected chi connectivity index (χ2v) is 11.2. The molecule has 0 saturated heterocycles. The van der Waals surface area contributed by atoms with Gasteiger partial charge in [-0.2, -0.15) is 0 Å². The molecule has 0 radical (unpaired) electrons. The second-order valence-electron chi connectivity index (χ2n) is 11.2. The molecule has 0 saturated carbocycles. The lowest BCUT2D eigenvalue weighted by atomic mass is 10.1. The highest BCUT2D eigenvalue weighted by Gasteiger charge is 2.25. The molecule has 2 heterocycles. The van der Waals surface area contributed by atoms with E-state index < -0.39 is 12.0 Å². The molecular weight excluding hydrogens is 482 g/mol. The van der Waals surface area contributed by atoms with Crippen LogP contribution in [0.3, 0.4) is 0 Å². The Kier molecular flexibility index (Phi) is 14.4. The first kappa shape index (κ1) is 31.8. The van der Waals surface area contributed by atoms with Gasteiger partial charge in [-0.1, -0.05) is 33.8 Å². The van der Waals surface area contributed by atoms with Crippen molar-refractivity contribution in [1.82, 2.24) is 20.1 Å². The topological polar surface area (TPSA) is 107 Å². The minimum Gasteiger partial charge on any atom is -0.480 e. The highest BCUT2D eigenvalue weighted by atomic mass is 16.5. The van der Waals surface area contributed by atoms with Crippen molar-refractivity contribution in [3.63, 3.8) is 0 Å². The van der Waals surface area contributed by atoms with E-state index in [1.165, 1.54) is 5.56 Å². The Morgan fingerprint density at radius 3 is 2.50 bits per heavy atom. The number of fused-ring (bicyclic) bond motifs is 1. The molecule has 0 aliphatic carbocycles. The van der Waals surface area contributed by atoms with Crippen molar-refractivity contribution in [3.05, 3.63) is 23.4 Å². The smallest absolute Gasteiger partial charge is 0.326 e. The van der Waals surface area contributed by atoms with E-state index in [4.69, 9.17) is 9.72 Å². The van der Waals surface area contributed by atoms with Gasteiger partial charge in [0.15, 0.2) is 0 Å². The van der Waals surface area contributed by atoms with E-state index in [1.807, 2.05) is 6.92 Å². The summed E-state index contributed by atoms with van der Waals surface area (Å²) in [4.78, 5) is 33.7. The molecule has 1 aromatic rings. The second kappa shape index (κ2) is 17.2. The molecule has 2 amide bonds. The molecule has 1 atom stereocenters. The summed E-state index contributed by atoms with van der Waals surface area (Å²) < 4.78 is 5.57. The molecule has 0 aromatic carbocycles. The number of amides is 2. The van der Waals surface area contributed by atoms with Gasteiger partial charge < -0.3 is 30.3 Å². The van der Waals surface area contributed by atoms with Gasteiger partial charge >= 0.3 is 12.0 Å². The molecule has 9 nitrogen and oxygen atoms in total. The molecule has 3 N–H and O–H groups in total. The summed E-state index contributed by atoms with van der Waals surface area (Å²) in [5.74, 6) is 0.660. The Morgan fingerprint density at radius 1 is 1.11 bits per heavy atom. The molecule has 1 aliphatic heterocycles. The monoisotopic (exact) mass is 533 g/mol. The third-order valence-electron chi connectivity index (χ3n) is 6.65. The highest BCUT2D eigenvalue weighted by molar-refractivity contribution is 5.82. The van der Waals surface area contributed by atoms with Crippen LogP contribution < -0.4 is 10.6 Å². The van der Waals surface area contributed by atoms with Crippen LogP contribution in [0.2, 0.25) is 0 Å². The van der Waals surface area contributed by atoms with E-state index >= 15 is 0 Å². The fourth-order valence-corrected chi connectivity index (χ4v) is 4.75. The maximum atomic E-state index is 12.9. The average molecular weight is 534 g/mol. The average Bonchev–Trinajstić information content (AvgIpc) is 2.87. The lowest BCUT2D eigenvalue weighted by molar-refractivity contribution is -0.139. The van der Waals surface area contributed by atoms with Crippen LogP contribution in [0.1, 0.15) is 71.6 Å². The predicted octanol–water partition coefficient (Wildman–Crippen LogP) is 4.27. The van der Waals surface area contributed by atoms with Crippen LogP contribution in [0.15, 0.2) is 12.1 Å². The predicted molar refractivity (Wildman–Crippen MR) is 153 cm³/mol. The molecule has 1 aromatic heterocycles. The van der Waals surface area contributed by atoms with E-state index in [-0.39, 0.29) is 6.03 Å². The third-order valence-corrected chi connectivity index (χ3v) is 6.65. The van der Waals surface area contributed by atoms with Crippen molar-refractivity contribution < 1.29 is 19.4 Å². The SMILES string of the molecule is CCOCCN(CCCCc1ccc2c(n1)NCCC2)CC[C@H](NC(=O)N(CC(C)C)CC(C)C)C(=O)O. The summed E-state index contributed by atoms with van der Waals surface area (Å²) in [6.45, 7) is 15.8. The number of carbonyl (C=O) groups is 2. The highest BCUT2D eigenvalue weighted by Crippen LogP contribution is 2.20. The number of rotatable bonds is 18. The zero-order valence-electron chi connectivity index (χ0n) is 24.3. The van der Waals surface area contributed by atoms with Crippen molar-refractivity contribution >= 4 is 17.8 Å². The number of pyridine rings is 1. The summed E-state index contributed by atoms with van der Waals surface area (Å²) in [5, 5.41) is 16.0. The van der Waals surface area contributed by atoms with Crippen LogP contribution in [-0.2, 0) is 22.4 Å². The van der Waals surface area contributed by atoms with Crippen molar-refractivity contribution in [3.8, 4) is 0 Å².